The number of nitriles is 1. The fourth-order valence-electron chi connectivity index (χ4n) is 3.39. The van der Waals surface area contributed by atoms with Gasteiger partial charge < -0.3 is 14.4 Å². The Morgan fingerprint density at radius 2 is 1.97 bits per heavy atom. The van der Waals surface area contributed by atoms with Crippen molar-refractivity contribution in [2.75, 3.05) is 25.7 Å². The van der Waals surface area contributed by atoms with Crippen LogP contribution in [0.1, 0.15) is 23.0 Å². The largest absolute Gasteiger partial charge is 0.495 e. The van der Waals surface area contributed by atoms with Gasteiger partial charge in [0.25, 0.3) is 0 Å². The quantitative estimate of drug-likeness (QED) is 0.668. The minimum atomic E-state index is -0.643. The highest BCUT2D eigenvalue weighted by Gasteiger charge is 2.30. The normalized spacial score (nSPS) is 15.5. The van der Waals surface area contributed by atoms with Crippen LogP contribution >= 0.6 is 0 Å². The summed E-state index contributed by atoms with van der Waals surface area (Å²) in [4.78, 5) is 19.2. The highest BCUT2D eigenvalue weighted by Crippen LogP contribution is 2.36. The first-order valence-electron chi connectivity index (χ1n) is 8.86. The van der Waals surface area contributed by atoms with Crippen molar-refractivity contribution in [1.29, 1.82) is 5.26 Å². The maximum absolute atomic E-state index is 14.4. The zero-order valence-corrected chi connectivity index (χ0v) is 15.8. The summed E-state index contributed by atoms with van der Waals surface area (Å²) >= 11 is 0. The first-order chi connectivity index (χ1) is 14.2. The molecule has 0 fully saturated rings. The number of hydrogen-bond donors (Lipinski definition) is 0. The number of methoxy groups -OCH3 is 2. The third kappa shape index (κ3) is 3.34. The van der Waals surface area contributed by atoms with Gasteiger partial charge in [-0.2, -0.15) is 5.26 Å². The molecule has 8 nitrogen and oxygen atoms in total. The van der Waals surface area contributed by atoms with Gasteiger partial charge in [0.05, 0.1) is 12.8 Å². The van der Waals surface area contributed by atoms with Gasteiger partial charge in [0.2, 0.25) is 0 Å². The van der Waals surface area contributed by atoms with E-state index in [1.165, 1.54) is 13.2 Å². The lowest BCUT2D eigenvalue weighted by Gasteiger charge is -2.37. The standard InChI is InChI=1S/C20H17FN6O2/c1-28-17-9-12(8-15(21)13(17)10-22)27-7-4-16-14(20(27)29-2)11-25-19(26-16)18-23-5-3-6-24-18/h3,5-6,8-9,11,20H,4,7H2,1-2H3. The number of hydrogen-bond acceptors (Lipinski definition) is 8. The Bertz CT molecular complexity index is 1090. The molecule has 9 heteroatoms. The average molecular weight is 392 g/mol. The second kappa shape index (κ2) is 7.77. The van der Waals surface area contributed by atoms with E-state index in [0.717, 1.165) is 11.3 Å². The Balaban J connectivity index is 1.72. The lowest BCUT2D eigenvalue weighted by Crippen LogP contribution is -2.37. The topological polar surface area (TPSA) is 97.1 Å². The van der Waals surface area contributed by atoms with Crippen molar-refractivity contribution < 1.29 is 13.9 Å². The maximum Gasteiger partial charge on any atom is 0.197 e. The number of benzene rings is 1. The third-order valence-corrected chi connectivity index (χ3v) is 4.73. The predicted octanol–water partition coefficient (Wildman–Crippen LogP) is 2.66. The summed E-state index contributed by atoms with van der Waals surface area (Å²) in [5, 5.41) is 9.14. The molecule has 2 aromatic heterocycles. The highest BCUT2D eigenvalue weighted by atomic mass is 19.1. The van der Waals surface area contributed by atoms with Crippen LogP contribution in [0, 0.1) is 17.1 Å². The van der Waals surface area contributed by atoms with Gasteiger partial charge in [0.1, 0.15) is 23.2 Å². The van der Waals surface area contributed by atoms with Crippen LogP contribution in [0.5, 0.6) is 5.75 Å². The second-order valence-electron chi connectivity index (χ2n) is 6.32. The third-order valence-electron chi connectivity index (χ3n) is 4.73. The number of nitrogens with zero attached hydrogens (tertiary/aromatic N) is 6. The summed E-state index contributed by atoms with van der Waals surface area (Å²) in [6.07, 6.45) is 5.05. The minimum absolute atomic E-state index is 0.126. The Hall–Kier alpha value is -3.64. The molecule has 0 N–H and O–H groups in total. The van der Waals surface area contributed by atoms with Crippen LogP contribution in [0.15, 0.2) is 36.8 Å². The van der Waals surface area contributed by atoms with Crippen molar-refractivity contribution in [2.24, 2.45) is 0 Å². The number of rotatable bonds is 4. The number of aromatic nitrogens is 4. The van der Waals surface area contributed by atoms with Crippen LogP contribution < -0.4 is 9.64 Å². The Kier molecular flexibility index (Phi) is 5.01. The average Bonchev–Trinajstić information content (AvgIpc) is 2.77. The van der Waals surface area contributed by atoms with Crippen molar-refractivity contribution in [3.05, 3.63) is 59.4 Å². The van der Waals surface area contributed by atoms with Gasteiger partial charge in [-0.25, -0.2) is 24.3 Å². The Morgan fingerprint density at radius 1 is 1.17 bits per heavy atom. The molecule has 1 aromatic carbocycles. The van der Waals surface area contributed by atoms with Crippen LogP contribution in [-0.4, -0.2) is 40.7 Å². The Morgan fingerprint density at radius 3 is 2.66 bits per heavy atom. The molecular formula is C20H17FN6O2. The van der Waals surface area contributed by atoms with Gasteiger partial charge in [-0.3, -0.25) is 0 Å². The molecule has 0 saturated heterocycles. The van der Waals surface area contributed by atoms with Crippen LogP contribution in [0.25, 0.3) is 11.6 Å². The fraction of sp³-hybridized carbons (Fsp3) is 0.250. The van der Waals surface area contributed by atoms with E-state index in [4.69, 9.17) is 14.7 Å². The van der Waals surface area contributed by atoms with Gasteiger partial charge in [-0.1, -0.05) is 0 Å². The number of fused-ring (bicyclic) bond motifs is 1. The lowest BCUT2D eigenvalue weighted by molar-refractivity contribution is 0.0933. The summed E-state index contributed by atoms with van der Waals surface area (Å²) in [5.41, 5.74) is 2.03. The van der Waals surface area contributed by atoms with E-state index in [1.54, 1.807) is 37.8 Å². The smallest absolute Gasteiger partial charge is 0.197 e. The molecule has 0 radical (unpaired) electrons. The molecule has 1 aliphatic rings. The van der Waals surface area contributed by atoms with Gasteiger partial charge in [0.15, 0.2) is 17.9 Å². The second-order valence-corrected chi connectivity index (χ2v) is 6.32. The molecule has 0 aliphatic carbocycles. The van der Waals surface area contributed by atoms with Crippen molar-refractivity contribution in [1.82, 2.24) is 19.9 Å². The first-order valence-corrected chi connectivity index (χ1v) is 8.86. The van der Waals surface area contributed by atoms with Gasteiger partial charge in [-0.15, -0.1) is 0 Å². The van der Waals surface area contributed by atoms with Crippen LogP contribution in [0.2, 0.25) is 0 Å². The molecule has 1 unspecified atom stereocenters. The van der Waals surface area contributed by atoms with Gasteiger partial charge >= 0.3 is 0 Å². The Labute approximate surface area is 166 Å². The summed E-state index contributed by atoms with van der Waals surface area (Å²) in [6, 6.07) is 6.50. The molecule has 0 spiro atoms. The monoisotopic (exact) mass is 392 g/mol. The molecule has 0 amide bonds. The maximum atomic E-state index is 14.4. The van der Waals surface area contributed by atoms with E-state index in [1.807, 2.05) is 11.0 Å². The van der Waals surface area contributed by atoms with E-state index in [0.29, 0.717) is 30.3 Å². The first kappa shape index (κ1) is 18.7. The number of anilines is 1. The molecule has 3 heterocycles. The van der Waals surface area contributed by atoms with Crippen LogP contribution in [0.3, 0.4) is 0 Å². The zero-order valence-electron chi connectivity index (χ0n) is 15.8. The molecule has 1 atom stereocenters. The molecule has 0 saturated carbocycles. The summed E-state index contributed by atoms with van der Waals surface area (Å²) in [5.74, 6) is 0.427. The van der Waals surface area contributed by atoms with E-state index in [-0.39, 0.29) is 11.3 Å². The van der Waals surface area contributed by atoms with Crippen molar-refractivity contribution in [3.63, 3.8) is 0 Å². The minimum Gasteiger partial charge on any atom is -0.495 e. The molecule has 0 bridgehead atoms. The lowest BCUT2D eigenvalue weighted by atomic mass is 10.0. The van der Waals surface area contributed by atoms with E-state index < -0.39 is 12.0 Å². The molecular weight excluding hydrogens is 375 g/mol. The van der Waals surface area contributed by atoms with E-state index in [2.05, 4.69) is 19.9 Å². The summed E-state index contributed by atoms with van der Waals surface area (Å²) in [7, 11) is 2.97. The van der Waals surface area contributed by atoms with Crippen LogP contribution in [0.4, 0.5) is 10.1 Å². The van der Waals surface area contributed by atoms with E-state index >= 15 is 0 Å². The van der Waals surface area contributed by atoms with E-state index in [9.17, 15) is 4.39 Å². The fourth-order valence-corrected chi connectivity index (χ4v) is 3.39. The summed E-state index contributed by atoms with van der Waals surface area (Å²) in [6.45, 7) is 0.534. The molecule has 146 valence electrons. The molecule has 1 aliphatic heterocycles. The molecule has 29 heavy (non-hydrogen) atoms. The summed E-state index contributed by atoms with van der Waals surface area (Å²) < 4.78 is 25.3. The van der Waals surface area contributed by atoms with Crippen molar-refractivity contribution >= 4 is 5.69 Å². The highest BCUT2D eigenvalue weighted by molar-refractivity contribution is 5.59. The molecule has 3 aromatic rings. The van der Waals surface area contributed by atoms with Crippen molar-refractivity contribution in [3.8, 4) is 23.5 Å². The van der Waals surface area contributed by atoms with Gasteiger partial charge in [-0.05, 0) is 12.1 Å². The van der Waals surface area contributed by atoms with Crippen molar-refractivity contribution in [2.45, 2.75) is 12.6 Å². The molecule has 4 rings (SSSR count). The SMILES string of the molecule is COc1cc(N2CCc3nc(-c4ncccn4)ncc3C2OC)cc(F)c1C#N. The van der Waals surface area contributed by atoms with Gasteiger partial charge in [0, 0.05) is 56.0 Å². The zero-order chi connectivity index (χ0) is 20.4. The predicted molar refractivity (Wildman–Crippen MR) is 102 cm³/mol. The van der Waals surface area contributed by atoms with Crippen LogP contribution in [-0.2, 0) is 11.2 Å². The number of ether oxygens (including phenoxy) is 2. The number of halogens is 1.